The first kappa shape index (κ1) is 13.1. The summed E-state index contributed by atoms with van der Waals surface area (Å²) >= 11 is 5.22. The first-order valence-electron chi connectivity index (χ1n) is 6.23. The summed E-state index contributed by atoms with van der Waals surface area (Å²) in [4.78, 5) is 13.5. The van der Waals surface area contributed by atoms with Crippen molar-refractivity contribution in [2.24, 2.45) is 0 Å². The molecule has 0 saturated heterocycles. The van der Waals surface area contributed by atoms with Gasteiger partial charge in [0, 0.05) is 10.9 Å². The number of aryl methyl sites for hydroxylation is 1. The Morgan fingerprint density at radius 3 is 3.00 bits per heavy atom. The fourth-order valence-corrected chi connectivity index (χ4v) is 3.91. The summed E-state index contributed by atoms with van der Waals surface area (Å²) in [7, 11) is 0. The second-order valence-corrected chi connectivity index (χ2v) is 6.60. The van der Waals surface area contributed by atoms with Gasteiger partial charge in [-0.25, -0.2) is 0 Å². The van der Waals surface area contributed by atoms with Crippen LogP contribution in [-0.4, -0.2) is 16.8 Å². The lowest BCUT2D eigenvalue weighted by atomic mass is 9.95. The molecule has 2 nitrogen and oxygen atoms in total. The average Bonchev–Trinajstić information content (AvgIpc) is 2.80. The van der Waals surface area contributed by atoms with Gasteiger partial charge < -0.3 is 5.32 Å². The van der Waals surface area contributed by atoms with E-state index in [1.54, 1.807) is 11.3 Å². The van der Waals surface area contributed by atoms with Crippen molar-refractivity contribution in [2.75, 3.05) is 0 Å². The van der Waals surface area contributed by atoms with Gasteiger partial charge in [0.15, 0.2) is 0 Å². The van der Waals surface area contributed by atoms with E-state index >= 15 is 0 Å². The first-order chi connectivity index (χ1) is 8.22. The molecule has 2 atom stereocenters. The second kappa shape index (κ2) is 6.01. The standard InChI is InChI=1S/C13H18BrNOS/c1-2-9-7-8-17-12(9)13(16)15-11-6-4-3-5-10(11)14/h7-8,10-11H,2-6H2,1H3,(H,15,16). The Hall–Kier alpha value is -0.350. The average molecular weight is 316 g/mol. The molecular formula is C13H18BrNOS. The topological polar surface area (TPSA) is 29.1 Å². The molecule has 0 spiro atoms. The summed E-state index contributed by atoms with van der Waals surface area (Å²) in [6.07, 6.45) is 5.67. The van der Waals surface area contributed by atoms with Gasteiger partial charge in [0.25, 0.3) is 5.91 Å². The van der Waals surface area contributed by atoms with E-state index in [4.69, 9.17) is 0 Å². The molecule has 94 valence electrons. The summed E-state index contributed by atoms with van der Waals surface area (Å²) in [5.41, 5.74) is 1.16. The van der Waals surface area contributed by atoms with Crippen LogP contribution in [0.5, 0.6) is 0 Å². The lowest BCUT2D eigenvalue weighted by molar-refractivity contribution is 0.0933. The first-order valence-corrected chi connectivity index (χ1v) is 8.03. The van der Waals surface area contributed by atoms with Crippen molar-refractivity contribution in [1.29, 1.82) is 0 Å². The van der Waals surface area contributed by atoms with Crippen molar-refractivity contribution in [3.63, 3.8) is 0 Å². The quantitative estimate of drug-likeness (QED) is 0.846. The van der Waals surface area contributed by atoms with Gasteiger partial charge in [-0.3, -0.25) is 4.79 Å². The monoisotopic (exact) mass is 315 g/mol. The van der Waals surface area contributed by atoms with Gasteiger partial charge in [-0.2, -0.15) is 0 Å². The van der Waals surface area contributed by atoms with Crippen LogP contribution in [0.1, 0.15) is 47.8 Å². The van der Waals surface area contributed by atoms with Crippen LogP contribution in [0.2, 0.25) is 0 Å². The van der Waals surface area contributed by atoms with Gasteiger partial charge in [0.1, 0.15) is 0 Å². The maximum atomic E-state index is 12.2. The third-order valence-corrected chi connectivity index (χ3v) is 5.38. The van der Waals surface area contributed by atoms with Crippen molar-refractivity contribution >= 4 is 33.2 Å². The predicted octanol–water partition coefficient (Wildman–Crippen LogP) is 3.75. The summed E-state index contributed by atoms with van der Waals surface area (Å²) in [5, 5.41) is 5.17. The van der Waals surface area contributed by atoms with Crippen LogP contribution in [0, 0.1) is 0 Å². The lowest BCUT2D eigenvalue weighted by Crippen LogP contribution is -2.42. The molecular weight excluding hydrogens is 298 g/mol. The zero-order valence-electron chi connectivity index (χ0n) is 10.0. The number of hydrogen-bond acceptors (Lipinski definition) is 2. The van der Waals surface area contributed by atoms with E-state index in [9.17, 15) is 4.79 Å². The Labute approximate surface area is 115 Å². The van der Waals surface area contributed by atoms with Gasteiger partial charge in [-0.1, -0.05) is 35.7 Å². The van der Waals surface area contributed by atoms with Crippen LogP contribution in [0.25, 0.3) is 0 Å². The summed E-state index contributed by atoms with van der Waals surface area (Å²) in [6.45, 7) is 2.09. The summed E-state index contributed by atoms with van der Waals surface area (Å²) in [6, 6.07) is 2.34. The zero-order valence-corrected chi connectivity index (χ0v) is 12.4. The zero-order chi connectivity index (χ0) is 12.3. The number of amides is 1. The van der Waals surface area contributed by atoms with Crippen LogP contribution in [0.3, 0.4) is 0 Å². The highest BCUT2D eigenvalue weighted by Gasteiger charge is 2.25. The minimum absolute atomic E-state index is 0.105. The Morgan fingerprint density at radius 1 is 1.53 bits per heavy atom. The highest BCUT2D eigenvalue weighted by atomic mass is 79.9. The minimum Gasteiger partial charge on any atom is -0.347 e. The molecule has 1 aliphatic carbocycles. The van der Waals surface area contributed by atoms with Crippen molar-refractivity contribution in [3.05, 3.63) is 21.9 Å². The van der Waals surface area contributed by atoms with Gasteiger partial charge in [-0.05, 0) is 36.3 Å². The third-order valence-electron chi connectivity index (χ3n) is 3.33. The fraction of sp³-hybridized carbons (Fsp3) is 0.615. The van der Waals surface area contributed by atoms with Crippen LogP contribution in [0.4, 0.5) is 0 Å². The largest absolute Gasteiger partial charge is 0.347 e. The third kappa shape index (κ3) is 3.10. The number of nitrogens with one attached hydrogen (secondary N) is 1. The minimum atomic E-state index is 0.105. The van der Waals surface area contributed by atoms with E-state index in [-0.39, 0.29) is 5.91 Å². The molecule has 2 rings (SSSR count). The van der Waals surface area contributed by atoms with E-state index in [0.29, 0.717) is 10.9 Å². The van der Waals surface area contributed by atoms with Crippen molar-refractivity contribution in [3.8, 4) is 0 Å². The highest BCUT2D eigenvalue weighted by molar-refractivity contribution is 9.09. The number of alkyl halides is 1. The molecule has 1 aromatic rings. The lowest BCUT2D eigenvalue weighted by Gasteiger charge is -2.28. The fourth-order valence-electron chi connectivity index (χ4n) is 2.30. The predicted molar refractivity (Wildman–Crippen MR) is 76.1 cm³/mol. The number of rotatable bonds is 3. The van der Waals surface area contributed by atoms with Gasteiger partial charge >= 0.3 is 0 Å². The highest BCUT2D eigenvalue weighted by Crippen LogP contribution is 2.25. The molecule has 0 aliphatic heterocycles. The molecule has 1 fully saturated rings. The summed E-state index contributed by atoms with van der Waals surface area (Å²) < 4.78 is 0. The molecule has 17 heavy (non-hydrogen) atoms. The molecule has 1 aliphatic rings. The van der Waals surface area contributed by atoms with E-state index < -0.39 is 0 Å². The van der Waals surface area contributed by atoms with Crippen molar-refractivity contribution in [1.82, 2.24) is 5.32 Å². The van der Waals surface area contributed by atoms with Crippen LogP contribution < -0.4 is 5.32 Å². The number of carbonyl (C=O) groups excluding carboxylic acids is 1. The second-order valence-electron chi connectivity index (χ2n) is 4.51. The van der Waals surface area contributed by atoms with Gasteiger partial charge in [0.05, 0.1) is 4.88 Å². The molecule has 2 unspecified atom stereocenters. The number of hydrogen-bond donors (Lipinski definition) is 1. The maximum absolute atomic E-state index is 12.2. The molecule has 1 saturated carbocycles. The normalized spacial score (nSPS) is 24.6. The Kier molecular flexibility index (Phi) is 4.62. The van der Waals surface area contributed by atoms with E-state index in [0.717, 1.165) is 29.7 Å². The molecule has 0 radical (unpaired) electrons. The van der Waals surface area contributed by atoms with Crippen LogP contribution in [0.15, 0.2) is 11.4 Å². The Balaban J connectivity index is 2.01. The molecule has 1 heterocycles. The molecule has 0 aromatic carbocycles. The number of thiophene rings is 1. The Bertz CT molecular complexity index is 391. The van der Waals surface area contributed by atoms with Crippen molar-refractivity contribution in [2.45, 2.75) is 49.9 Å². The van der Waals surface area contributed by atoms with Crippen molar-refractivity contribution < 1.29 is 4.79 Å². The SMILES string of the molecule is CCc1ccsc1C(=O)NC1CCCCC1Br. The molecule has 0 bridgehead atoms. The Morgan fingerprint density at radius 2 is 2.29 bits per heavy atom. The molecule has 4 heteroatoms. The molecule has 1 amide bonds. The summed E-state index contributed by atoms with van der Waals surface area (Å²) in [5.74, 6) is 0.105. The van der Waals surface area contributed by atoms with E-state index in [1.165, 1.54) is 12.8 Å². The smallest absolute Gasteiger partial charge is 0.261 e. The molecule has 1 N–H and O–H groups in total. The van der Waals surface area contributed by atoms with Gasteiger partial charge in [0.2, 0.25) is 0 Å². The van der Waals surface area contributed by atoms with Crippen LogP contribution >= 0.6 is 27.3 Å². The number of carbonyl (C=O) groups is 1. The molecule has 1 aromatic heterocycles. The maximum Gasteiger partial charge on any atom is 0.261 e. The number of halogens is 1. The van der Waals surface area contributed by atoms with Gasteiger partial charge in [-0.15, -0.1) is 11.3 Å². The van der Waals surface area contributed by atoms with E-state index in [1.807, 2.05) is 11.4 Å². The van der Waals surface area contributed by atoms with Crippen LogP contribution in [-0.2, 0) is 6.42 Å². The van der Waals surface area contributed by atoms with E-state index in [2.05, 4.69) is 28.2 Å².